The van der Waals surface area contributed by atoms with E-state index >= 15 is 0 Å². The van der Waals surface area contributed by atoms with E-state index in [9.17, 15) is 4.39 Å². The zero-order valence-corrected chi connectivity index (χ0v) is 9.38. The van der Waals surface area contributed by atoms with Crippen LogP contribution in [-0.4, -0.2) is 18.3 Å². The van der Waals surface area contributed by atoms with Crippen molar-refractivity contribution in [2.24, 2.45) is 0 Å². The number of rotatable bonds is 4. The maximum Gasteiger partial charge on any atom is 0.130 e. The van der Waals surface area contributed by atoms with E-state index < -0.39 is 6.10 Å². The van der Waals surface area contributed by atoms with E-state index in [2.05, 4.69) is 0 Å². The molecule has 1 aromatic rings. The number of hydrogen-bond acceptors (Lipinski definition) is 2. The fourth-order valence-corrected chi connectivity index (χ4v) is 1.52. The summed E-state index contributed by atoms with van der Waals surface area (Å²) in [6.45, 7) is 3.52. The topological polar surface area (TPSA) is 29.5 Å². The number of methoxy groups -OCH3 is 1. The summed E-state index contributed by atoms with van der Waals surface area (Å²) in [7, 11) is 1.53. The Kier molecular flexibility index (Phi) is 4.09. The zero-order valence-electron chi connectivity index (χ0n) is 9.38. The molecule has 3 heteroatoms. The van der Waals surface area contributed by atoms with E-state index in [1.54, 1.807) is 13.0 Å². The van der Waals surface area contributed by atoms with Gasteiger partial charge in [0.2, 0.25) is 0 Å². The first-order valence-electron chi connectivity index (χ1n) is 5.05. The predicted octanol–water partition coefficient (Wildman–Crippen LogP) is 2.46. The molecule has 1 atom stereocenters. The Morgan fingerprint density at radius 3 is 2.67 bits per heavy atom. The molecule has 0 unspecified atom stereocenters. The highest BCUT2D eigenvalue weighted by molar-refractivity contribution is 5.38. The van der Waals surface area contributed by atoms with Crippen molar-refractivity contribution in [2.75, 3.05) is 7.11 Å². The van der Waals surface area contributed by atoms with Crippen LogP contribution in [0.1, 0.15) is 24.5 Å². The van der Waals surface area contributed by atoms with Gasteiger partial charge in [-0.05, 0) is 44.4 Å². The summed E-state index contributed by atoms with van der Waals surface area (Å²) in [6.07, 6.45) is 0.610. The van der Waals surface area contributed by atoms with Crippen LogP contribution in [0, 0.1) is 12.7 Å². The van der Waals surface area contributed by atoms with E-state index in [0.717, 1.165) is 5.56 Å². The number of aryl methyl sites for hydroxylation is 1. The van der Waals surface area contributed by atoms with Gasteiger partial charge in [0.05, 0.1) is 13.2 Å². The van der Waals surface area contributed by atoms with Gasteiger partial charge in [-0.3, -0.25) is 0 Å². The third kappa shape index (κ3) is 3.20. The molecule has 1 rings (SSSR count). The third-order valence-corrected chi connectivity index (χ3v) is 2.33. The maximum atomic E-state index is 13.6. The molecule has 0 aliphatic heterocycles. The number of aliphatic hydroxyl groups is 1. The summed E-state index contributed by atoms with van der Waals surface area (Å²) in [5.74, 6) is 0.306. The van der Waals surface area contributed by atoms with Crippen molar-refractivity contribution in [1.29, 1.82) is 0 Å². The van der Waals surface area contributed by atoms with Gasteiger partial charge in [-0.15, -0.1) is 0 Å². The SMILES string of the molecule is COc1cc(C)cc(F)c1CC[C@H](C)O. The third-order valence-electron chi connectivity index (χ3n) is 2.33. The first kappa shape index (κ1) is 12.0. The van der Waals surface area contributed by atoms with Gasteiger partial charge < -0.3 is 9.84 Å². The molecule has 15 heavy (non-hydrogen) atoms. The van der Waals surface area contributed by atoms with E-state index in [-0.39, 0.29) is 5.82 Å². The van der Waals surface area contributed by atoms with Gasteiger partial charge in [0.25, 0.3) is 0 Å². The Hall–Kier alpha value is -1.09. The molecule has 1 aromatic carbocycles. The molecule has 0 fully saturated rings. The van der Waals surface area contributed by atoms with Crippen molar-refractivity contribution in [3.8, 4) is 5.75 Å². The summed E-state index contributed by atoms with van der Waals surface area (Å²) in [4.78, 5) is 0. The van der Waals surface area contributed by atoms with Crippen LogP contribution in [0.25, 0.3) is 0 Å². The molecule has 0 aromatic heterocycles. The lowest BCUT2D eigenvalue weighted by Crippen LogP contribution is -2.04. The van der Waals surface area contributed by atoms with Crippen LogP contribution in [0.4, 0.5) is 4.39 Å². The fourth-order valence-electron chi connectivity index (χ4n) is 1.52. The molecule has 0 bridgehead atoms. The standard InChI is InChI=1S/C12H17FO2/c1-8-6-11(13)10(5-4-9(2)14)12(7-8)15-3/h6-7,9,14H,4-5H2,1-3H3/t9-/m0/s1. The summed E-state index contributed by atoms with van der Waals surface area (Å²) >= 11 is 0. The molecule has 2 nitrogen and oxygen atoms in total. The van der Waals surface area contributed by atoms with E-state index in [1.165, 1.54) is 13.2 Å². The molecule has 84 valence electrons. The lowest BCUT2D eigenvalue weighted by molar-refractivity contribution is 0.184. The zero-order chi connectivity index (χ0) is 11.4. The van der Waals surface area contributed by atoms with Crippen molar-refractivity contribution in [3.63, 3.8) is 0 Å². The fraction of sp³-hybridized carbons (Fsp3) is 0.500. The van der Waals surface area contributed by atoms with Gasteiger partial charge in [0.15, 0.2) is 0 Å². The number of benzene rings is 1. The predicted molar refractivity (Wildman–Crippen MR) is 57.7 cm³/mol. The van der Waals surface area contributed by atoms with E-state index in [4.69, 9.17) is 9.84 Å². The van der Waals surface area contributed by atoms with Gasteiger partial charge in [-0.1, -0.05) is 0 Å². The number of hydrogen-bond donors (Lipinski definition) is 1. The first-order chi connectivity index (χ1) is 7.04. The molecule has 0 aliphatic carbocycles. The van der Waals surface area contributed by atoms with Crippen molar-refractivity contribution in [1.82, 2.24) is 0 Å². The Morgan fingerprint density at radius 1 is 1.47 bits per heavy atom. The largest absolute Gasteiger partial charge is 0.496 e. The average Bonchev–Trinajstić information content (AvgIpc) is 2.14. The molecule has 0 saturated carbocycles. The number of ether oxygens (including phenoxy) is 1. The number of halogens is 1. The van der Waals surface area contributed by atoms with E-state index in [0.29, 0.717) is 24.2 Å². The molecule has 1 N–H and O–H groups in total. The Morgan fingerprint density at radius 2 is 2.13 bits per heavy atom. The minimum Gasteiger partial charge on any atom is -0.496 e. The minimum atomic E-state index is -0.421. The number of aliphatic hydroxyl groups excluding tert-OH is 1. The monoisotopic (exact) mass is 212 g/mol. The Balaban J connectivity index is 2.93. The summed E-state index contributed by atoms with van der Waals surface area (Å²) in [6, 6.07) is 3.29. The second-order valence-electron chi connectivity index (χ2n) is 3.82. The van der Waals surface area contributed by atoms with Crippen LogP contribution in [0.2, 0.25) is 0 Å². The Labute approximate surface area is 89.7 Å². The summed E-state index contributed by atoms with van der Waals surface area (Å²) in [5.41, 5.74) is 1.38. The minimum absolute atomic E-state index is 0.257. The van der Waals surface area contributed by atoms with Crippen LogP contribution in [0.15, 0.2) is 12.1 Å². The van der Waals surface area contributed by atoms with Crippen LogP contribution >= 0.6 is 0 Å². The first-order valence-corrected chi connectivity index (χ1v) is 5.05. The second-order valence-corrected chi connectivity index (χ2v) is 3.82. The van der Waals surface area contributed by atoms with Crippen LogP contribution in [0.5, 0.6) is 5.75 Å². The molecular weight excluding hydrogens is 195 g/mol. The Bertz CT molecular complexity index is 335. The molecule has 0 aliphatic rings. The molecular formula is C12H17FO2. The molecule has 0 saturated heterocycles. The van der Waals surface area contributed by atoms with Gasteiger partial charge in [0, 0.05) is 5.56 Å². The molecule has 0 amide bonds. The van der Waals surface area contributed by atoms with Crippen molar-refractivity contribution >= 4 is 0 Å². The van der Waals surface area contributed by atoms with Crippen LogP contribution in [0.3, 0.4) is 0 Å². The van der Waals surface area contributed by atoms with Crippen LogP contribution < -0.4 is 4.74 Å². The molecule has 0 radical (unpaired) electrons. The van der Waals surface area contributed by atoms with Gasteiger partial charge in [0.1, 0.15) is 11.6 Å². The van der Waals surface area contributed by atoms with E-state index in [1.807, 2.05) is 6.92 Å². The summed E-state index contributed by atoms with van der Waals surface area (Å²) in [5, 5.41) is 9.16. The normalized spacial score (nSPS) is 12.6. The highest BCUT2D eigenvalue weighted by atomic mass is 19.1. The highest BCUT2D eigenvalue weighted by Gasteiger charge is 2.11. The van der Waals surface area contributed by atoms with Crippen molar-refractivity contribution in [3.05, 3.63) is 29.1 Å². The maximum absolute atomic E-state index is 13.6. The quantitative estimate of drug-likeness (QED) is 0.830. The average molecular weight is 212 g/mol. The second kappa shape index (κ2) is 5.12. The smallest absolute Gasteiger partial charge is 0.130 e. The summed E-state index contributed by atoms with van der Waals surface area (Å²) < 4.78 is 18.7. The lowest BCUT2D eigenvalue weighted by atomic mass is 10.0. The van der Waals surface area contributed by atoms with Gasteiger partial charge in [-0.2, -0.15) is 0 Å². The highest BCUT2D eigenvalue weighted by Crippen LogP contribution is 2.25. The lowest BCUT2D eigenvalue weighted by Gasteiger charge is -2.11. The van der Waals surface area contributed by atoms with Gasteiger partial charge >= 0.3 is 0 Å². The van der Waals surface area contributed by atoms with Crippen molar-refractivity contribution in [2.45, 2.75) is 32.8 Å². The molecule has 0 heterocycles. The van der Waals surface area contributed by atoms with Crippen LogP contribution in [-0.2, 0) is 6.42 Å². The molecule has 0 spiro atoms. The van der Waals surface area contributed by atoms with Gasteiger partial charge in [-0.25, -0.2) is 4.39 Å². The van der Waals surface area contributed by atoms with Crippen molar-refractivity contribution < 1.29 is 14.2 Å².